The molecule has 0 aliphatic carbocycles. The van der Waals surface area contributed by atoms with Gasteiger partial charge in [0.1, 0.15) is 0 Å². The van der Waals surface area contributed by atoms with Crippen molar-refractivity contribution in [1.29, 1.82) is 0 Å². The molecule has 17 heavy (non-hydrogen) atoms. The first-order valence-electron chi connectivity index (χ1n) is 4.37. The monoisotopic (exact) mass is 265 g/mol. The van der Waals surface area contributed by atoms with E-state index < -0.39 is 34.6 Å². The van der Waals surface area contributed by atoms with Gasteiger partial charge in [-0.25, -0.2) is 26.9 Å². The lowest BCUT2D eigenvalue weighted by molar-refractivity contribution is 0.381. The predicted molar refractivity (Wildman–Crippen MR) is 52.1 cm³/mol. The van der Waals surface area contributed by atoms with Crippen LogP contribution in [0.25, 0.3) is 11.3 Å². The molecule has 0 radical (unpaired) electrons. The Hall–Kier alpha value is -1.50. The molecule has 0 bridgehead atoms. The molecular formula is C10H4F5NS. The molecule has 1 heterocycles. The highest BCUT2D eigenvalue weighted by Gasteiger charge is 2.28. The van der Waals surface area contributed by atoms with E-state index >= 15 is 0 Å². The van der Waals surface area contributed by atoms with Crippen LogP contribution in [0.4, 0.5) is 22.0 Å². The summed E-state index contributed by atoms with van der Waals surface area (Å²) in [6.07, 6.45) is 0. The Balaban J connectivity index is 2.84. The number of nitrogens with zero attached hydrogens (tertiary/aromatic N) is 1. The fourth-order valence-corrected chi connectivity index (χ4v) is 1.94. The lowest BCUT2D eigenvalue weighted by atomic mass is 10.1. The van der Waals surface area contributed by atoms with E-state index in [4.69, 9.17) is 0 Å². The lowest BCUT2D eigenvalue weighted by Crippen LogP contribution is -2.04. The number of aromatic nitrogens is 1. The molecule has 0 aliphatic heterocycles. The van der Waals surface area contributed by atoms with Crippen molar-refractivity contribution in [1.82, 2.24) is 4.98 Å². The fourth-order valence-electron chi connectivity index (χ4n) is 1.36. The van der Waals surface area contributed by atoms with E-state index in [1.165, 1.54) is 12.4 Å². The highest BCUT2D eigenvalue weighted by atomic mass is 32.1. The van der Waals surface area contributed by atoms with Gasteiger partial charge in [-0.15, -0.1) is 11.3 Å². The normalized spacial score (nSPS) is 10.9. The summed E-state index contributed by atoms with van der Waals surface area (Å²) in [7, 11) is 0. The van der Waals surface area contributed by atoms with E-state index in [-0.39, 0.29) is 5.69 Å². The summed E-state index contributed by atoms with van der Waals surface area (Å²) in [6, 6.07) is 0. The summed E-state index contributed by atoms with van der Waals surface area (Å²) >= 11 is 1.05. The smallest absolute Gasteiger partial charge is 0.200 e. The van der Waals surface area contributed by atoms with Gasteiger partial charge in [-0.2, -0.15) is 0 Å². The molecule has 0 atom stereocenters. The summed E-state index contributed by atoms with van der Waals surface area (Å²) < 4.78 is 65.5. The molecule has 1 aromatic heterocycles. The van der Waals surface area contributed by atoms with Crippen LogP contribution in [0.3, 0.4) is 0 Å². The molecule has 2 aromatic rings. The summed E-state index contributed by atoms with van der Waals surface area (Å²) in [5.74, 6) is -9.83. The third-order valence-electron chi connectivity index (χ3n) is 2.19. The van der Waals surface area contributed by atoms with Crippen LogP contribution >= 0.6 is 11.3 Å². The molecule has 1 nitrogen and oxygen atoms in total. The van der Waals surface area contributed by atoms with Crippen LogP contribution in [0, 0.1) is 36.0 Å². The van der Waals surface area contributed by atoms with Gasteiger partial charge in [0.05, 0.1) is 16.8 Å². The second-order valence-electron chi connectivity index (χ2n) is 3.20. The molecule has 0 saturated heterocycles. The Kier molecular flexibility index (Phi) is 2.86. The zero-order chi connectivity index (χ0) is 12.7. The van der Waals surface area contributed by atoms with Crippen molar-refractivity contribution in [3.05, 3.63) is 39.5 Å². The van der Waals surface area contributed by atoms with Gasteiger partial charge in [0.2, 0.25) is 5.82 Å². The van der Waals surface area contributed by atoms with Gasteiger partial charge in [0.15, 0.2) is 23.3 Å². The summed E-state index contributed by atoms with van der Waals surface area (Å²) in [5.41, 5.74) is 0.0471. The highest BCUT2D eigenvalue weighted by molar-refractivity contribution is 7.10. The van der Waals surface area contributed by atoms with Crippen LogP contribution in [0.1, 0.15) is 4.88 Å². The molecule has 90 valence electrons. The van der Waals surface area contributed by atoms with Gasteiger partial charge >= 0.3 is 0 Å². The first-order valence-corrected chi connectivity index (χ1v) is 5.25. The molecule has 0 amide bonds. The van der Waals surface area contributed by atoms with Crippen LogP contribution in [-0.4, -0.2) is 4.98 Å². The number of rotatable bonds is 1. The quantitative estimate of drug-likeness (QED) is 0.434. The summed E-state index contributed by atoms with van der Waals surface area (Å²) in [6.45, 7) is 1.48. The van der Waals surface area contributed by atoms with Crippen LogP contribution in [0.15, 0.2) is 5.51 Å². The zero-order valence-corrected chi connectivity index (χ0v) is 9.14. The number of aryl methyl sites for hydroxylation is 1. The molecule has 2 rings (SSSR count). The molecule has 7 heteroatoms. The van der Waals surface area contributed by atoms with Crippen molar-refractivity contribution in [2.75, 3.05) is 0 Å². The topological polar surface area (TPSA) is 12.9 Å². The highest BCUT2D eigenvalue weighted by Crippen LogP contribution is 2.33. The van der Waals surface area contributed by atoms with Crippen LogP contribution in [0.2, 0.25) is 0 Å². The standard InChI is InChI=1S/C10H4F5NS/c1-3-10(16-2-17-3)4-5(11)7(13)9(15)8(14)6(4)12/h2H,1H3. The van der Waals surface area contributed by atoms with Crippen molar-refractivity contribution in [3.63, 3.8) is 0 Å². The second-order valence-corrected chi connectivity index (χ2v) is 4.26. The Morgan fingerprint density at radius 3 is 1.76 bits per heavy atom. The van der Waals surface area contributed by atoms with Gasteiger partial charge in [-0.1, -0.05) is 0 Å². The minimum absolute atomic E-state index is 0.234. The van der Waals surface area contributed by atoms with Crippen molar-refractivity contribution in [2.45, 2.75) is 6.92 Å². The average molecular weight is 265 g/mol. The number of thiazole rings is 1. The van der Waals surface area contributed by atoms with Crippen molar-refractivity contribution >= 4 is 11.3 Å². The van der Waals surface area contributed by atoms with E-state index in [1.807, 2.05) is 0 Å². The third-order valence-corrected chi connectivity index (χ3v) is 2.95. The summed E-state index contributed by atoms with van der Waals surface area (Å²) in [5, 5.41) is 0. The van der Waals surface area contributed by atoms with E-state index in [0.717, 1.165) is 11.3 Å². The predicted octanol–water partition coefficient (Wildman–Crippen LogP) is 3.81. The fraction of sp³-hybridized carbons (Fsp3) is 0.100. The van der Waals surface area contributed by atoms with Gasteiger partial charge in [-0.3, -0.25) is 0 Å². The van der Waals surface area contributed by atoms with Crippen molar-refractivity contribution in [3.8, 4) is 11.3 Å². The Bertz CT molecular complexity index is 564. The van der Waals surface area contributed by atoms with Crippen molar-refractivity contribution < 1.29 is 22.0 Å². The first kappa shape index (κ1) is 12.0. The number of halogens is 5. The first-order chi connectivity index (χ1) is 7.95. The van der Waals surface area contributed by atoms with Crippen LogP contribution in [0.5, 0.6) is 0 Å². The van der Waals surface area contributed by atoms with E-state index in [2.05, 4.69) is 4.98 Å². The number of hydrogen-bond acceptors (Lipinski definition) is 2. The molecule has 0 unspecified atom stereocenters. The zero-order valence-electron chi connectivity index (χ0n) is 8.32. The Morgan fingerprint density at radius 2 is 1.35 bits per heavy atom. The summed E-state index contributed by atoms with van der Waals surface area (Å²) in [4.78, 5) is 3.97. The molecule has 0 N–H and O–H groups in total. The van der Waals surface area contributed by atoms with Crippen molar-refractivity contribution in [2.24, 2.45) is 0 Å². The minimum atomic E-state index is -2.17. The third kappa shape index (κ3) is 1.70. The van der Waals surface area contributed by atoms with Gasteiger partial charge in [0.25, 0.3) is 0 Å². The van der Waals surface area contributed by atoms with Crippen LogP contribution in [-0.2, 0) is 0 Å². The van der Waals surface area contributed by atoms with E-state index in [0.29, 0.717) is 4.88 Å². The van der Waals surface area contributed by atoms with E-state index in [9.17, 15) is 22.0 Å². The van der Waals surface area contributed by atoms with Gasteiger partial charge in [-0.05, 0) is 6.92 Å². The number of hydrogen-bond donors (Lipinski definition) is 0. The van der Waals surface area contributed by atoms with Gasteiger partial charge in [0, 0.05) is 4.88 Å². The van der Waals surface area contributed by atoms with E-state index in [1.54, 1.807) is 0 Å². The minimum Gasteiger partial charge on any atom is -0.244 e. The average Bonchev–Trinajstić information content (AvgIpc) is 2.71. The Morgan fingerprint density at radius 1 is 0.882 bits per heavy atom. The molecule has 0 spiro atoms. The maximum absolute atomic E-state index is 13.4. The second kappa shape index (κ2) is 4.06. The Labute approximate surface area is 96.5 Å². The molecular weight excluding hydrogens is 261 g/mol. The van der Waals surface area contributed by atoms with Crippen LogP contribution < -0.4 is 0 Å². The SMILES string of the molecule is Cc1scnc1-c1c(F)c(F)c(F)c(F)c1F. The van der Waals surface area contributed by atoms with Gasteiger partial charge < -0.3 is 0 Å². The maximum Gasteiger partial charge on any atom is 0.200 e. The molecule has 0 fully saturated rings. The largest absolute Gasteiger partial charge is 0.244 e. The maximum atomic E-state index is 13.4. The lowest BCUT2D eigenvalue weighted by Gasteiger charge is -2.06. The molecule has 1 aromatic carbocycles. The molecule has 0 aliphatic rings. The molecule has 0 saturated carbocycles. The number of benzene rings is 1.